The summed E-state index contributed by atoms with van der Waals surface area (Å²) < 4.78 is 16.4. The molecule has 2 aromatic carbocycles. The summed E-state index contributed by atoms with van der Waals surface area (Å²) in [6.45, 7) is 2.15. The van der Waals surface area contributed by atoms with E-state index in [9.17, 15) is 4.79 Å². The van der Waals surface area contributed by atoms with Crippen LogP contribution in [0.3, 0.4) is 0 Å². The summed E-state index contributed by atoms with van der Waals surface area (Å²) in [5, 5.41) is 4.06. The number of fused-ring (bicyclic) bond motifs is 2. The van der Waals surface area contributed by atoms with Crippen molar-refractivity contribution >= 4 is 16.9 Å². The maximum Gasteiger partial charge on any atom is 0.251 e. The van der Waals surface area contributed by atoms with Crippen LogP contribution in [0.25, 0.3) is 11.0 Å². The summed E-state index contributed by atoms with van der Waals surface area (Å²) in [6, 6.07) is 15.0. The molecule has 3 aromatic rings. The molecule has 122 valence electrons. The van der Waals surface area contributed by atoms with Crippen LogP contribution < -0.4 is 14.8 Å². The highest BCUT2D eigenvalue weighted by molar-refractivity contribution is 5.95. The zero-order valence-electron chi connectivity index (χ0n) is 13.2. The molecular formula is C19H17NO4. The first-order chi connectivity index (χ1) is 11.7. The second-order valence-electron chi connectivity index (χ2n) is 5.90. The Labute approximate surface area is 139 Å². The molecule has 5 heteroatoms. The molecule has 1 aromatic heterocycles. The van der Waals surface area contributed by atoms with Gasteiger partial charge in [0.2, 0.25) is 6.79 Å². The number of nitrogens with one attached hydrogen (secondary N) is 1. The minimum absolute atomic E-state index is 0.0523. The van der Waals surface area contributed by atoms with Crippen molar-refractivity contribution in [3.05, 3.63) is 59.9 Å². The average molecular weight is 323 g/mol. The predicted molar refractivity (Wildman–Crippen MR) is 89.4 cm³/mol. The van der Waals surface area contributed by atoms with Crippen LogP contribution in [0.1, 0.15) is 23.0 Å². The molecule has 0 fully saturated rings. The Kier molecular flexibility index (Phi) is 3.61. The summed E-state index contributed by atoms with van der Waals surface area (Å²) in [4.78, 5) is 12.4. The van der Waals surface area contributed by atoms with Gasteiger partial charge in [-0.1, -0.05) is 18.2 Å². The Morgan fingerprint density at radius 1 is 1.12 bits per heavy atom. The van der Waals surface area contributed by atoms with Crippen LogP contribution in [-0.4, -0.2) is 18.7 Å². The van der Waals surface area contributed by atoms with Gasteiger partial charge in [-0.3, -0.25) is 4.79 Å². The van der Waals surface area contributed by atoms with Crippen LogP contribution in [0.2, 0.25) is 0 Å². The number of furan rings is 1. The van der Waals surface area contributed by atoms with Crippen molar-refractivity contribution in [2.75, 3.05) is 6.79 Å². The lowest BCUT2D eigenvalue weighted by Gasteiger charge is -2.12. The van der Waals surface area contributed by atoms with Gasteiger partial charge in [-0.15, -0.1) is 0 Å². The van der Waals surface area contributed by atoms with Crippen molar-refractivity contribution < 1.29 is 18.7 Å². The number of hydrogen-bond donors (Lipinski definition) is 1. The van der Waals surface area contributed by atoms with Gasteiger partial charge in [0, 0.05) is 23.4 Å². The molecule has 24 heavy (non-hydrogen) atoms. The van der Waals surface area contributed by atoms with Crippen molar-refractivity contribution in [1.29, 1.82) is 0 Å². The highest BCUT2D eigenvalue weighted by Crippen LogP contribution is 2.32. The van der Waals surface area contributed by atoms with E-state index in [1.807, 2.05) is 37.3 Å². The van der Waals surface area contributed by atoms with E-state index in [0.717, 1.165) is 16.7 Å². The number of amides is 1. The molecule has 0 spiro atoms. The fraction of sp³-hybridized carbons (Fsp3) is 0.211. The van der Waals surface area contributed by atoms with Crippen LogP contribution in [0, 0.1) is 0 Å². The summed E-state index contributed by atoms with van der Waals surface area (Å²) in [6.07, 6.45) is 0.630. The largest absolute Gasteiger partial charge is 0.461 e. The fourth-order valence-corrected chi connectivity index (χ4v) is 2.84. The number of carbonyl (C=O) groups excluding carboxylic acids is 1. The first kappa shape index (κ1) is 14.6. The Morgan fingerprint density at radius 2 is 1.96 bits per heavy atom. The van der Waals surface area contributed by atoms with E-state index >= 15 is 0 Å². The van der Waals surface area contributed by atoms with Crippen LogP contribution >= 0.6 is 0 Å². The number of para-hydroxylation sites is 1. The third kappa shape index (κ3) is 2.80. The van der Waals surface area contributed by atoms with Gasteiger partial charge in [-0.25, -0.2) is 0 Å². The third-order valence-electron chi connectivity index (χ3n) is 4.00. The molecule has 0 bridgehead atoms. The standard InChI is InChI=1S/C19H17NO4/c1-12(8-15-9-13-4-2-3-5-16(13)24-15)20-19(21)14-6-7-17-18(10-14)23-11-22-17/h2-7,9-10,12H,8,11H2,1H3,(H,20,21)/t12-/m0/s1. The van der Waals surface area contributed by atoms with Crippen molar-refractivity contribution in [3.63, 3.8) is 0 Å². The summed E-state index contributed by atoms with van der Waals surface area (Å²) >= 11 is 0. The number of hydrogen-bond acceptors (Lipinski definition) is 4. The molecule has 1 aliphatic heterocycles. The van der Waals surface area contributed by atoms with Crippen molar-refractivity contribution in [2.24, 2.45) is 0 Å². The normalized spacial score (nSPS) is 13.9. The third-order valence-corrected chi connectivity index (χ3v) is 4.00. The molecule has 1 N–H and O–H groups in total. The maximum absolute atomic E-state index is 12.4. The number of carbonyl (C=O) groups is 1. The minimum Gasteiger partial charge on any atom is -0.461 e. The van der Waals surface area contributed by atoms with Crippen molar-refractivity contribution in [1.82, 2.24) is 5.32 Å². The monoisotopic (exact) mass is 323 g/mol. The quantitative estimate of drug-likeness (QED) is 0.798. The molecule has 2 heterocycles. The van der Waals surface area contributed by atoms with Gasteiger partial charge in [0.15, 0.2) is 11.5 Å². The van der Waals surface area contributed by atoms with E-state index < -0.39 is 0 Å². The zero-order valence-corrected chi connectivity index (χ0v) is 13.2. The Bertz CT molecular complexity index is 866. The maximum atomic E-state index is 12.4. The first-order valence-corrected chi connectivity index (χ1v) is 7.87. The van der Waals surface area contributed by atoms with E-state index in [1.165, 1.54) is 0 Å². The van der Waals surface area contributed by atoms with Crippen molar-refractivity contribution in [3.8, 4) is 11.5 Å². The molecule has 1 amide bonds. The molecule has 0 aliphatic carbocycles. The van der Waals surface area contributed by atoms with Gasteiger partial charge in [0.25, 0.3) is 5.91 Å². The highest BCUT2D eigenvalue weighted by atomic mass is 16.7. The molecule has 0 saturated heterocycles. The lowest BCUT2D eigenvalue weighted by molar-refractivity contribution is 0.0939. The number of rotatable bonds is 4. The van der Waals surface area contributed by atoms with Gasteiger partial charge in [-0.2, -0.15) is 0 Å². The Morgan fingerprint density at radius 3 is 2.83 bits per heavy atom. The SMILES string of the molecule is C[C@@H](Cc1cc2ccccc2o1)NC(=O)c1ccc2c(c1)OCO2. The molecule has 0 radical (unpaired) electrons. The number of ether oxygens (including phenoxy) is 2. The van der Waals surface area contributed by atoms with Gasteiger partial charge in [-0.05, 0) is 37.3 Å². The van der Waals surface area contributed by atoms with Gasteiger partial charge in [0.1, 0.15) is 11.3 Å². The summed E-state index contributed by atoms with van der Waals surface area (Å²) in [5.41, 5.74) is 1.41. The topological polar surface area (TPSA) is 60.7 Å². The average Bonchev–Trinajstić information content (AvgIpc) is 3.19. The van der Waals surface area contributed by atoms with Gasteiger partial charge < -0.3 is 19.2 Å². The lowest BCUT2D eigenvalue weighted by atomic mass is 10.1. The van der Waals surface area contributed by atoms with Crippen molar-refractivity contribution in [2.45, 2.75) is 19.4 Å². The minimum atomic E-state index is -0.142. The van der Waals surface area contributed by atoms with Crippen LogP contribution in [0.15, 0.2) is 52.9 Å². The van der Waals surface area contributed by atoms with E-state index in [-0.39, 0.29) is 18.7 Å². The molecule has 1 aliphatic rings. The summed E-state index contributed by atoms with van der Waals surface area (Å²) in [5.74, 6) is 1.99. The molecule has 1 atom stereocenters. The van der Waals surface area contributed by atoms with Gasteiger partial charge in [0.05, 0.1) is 0 Å². The highest BCUT2D eigenvalue weighted by Gasteiger charge is 2.18. The van der Waals surface area contributed by atoms with Crippen LogP contribution in [0.4, 0.5) is 0 Å². The predicted octanol–water partition coefficient (Wildman–Crippen LogP) is 3.52. The first-order valence-electron chi connectivity index (χ1n) is 7.87. The molecule has 0 saturated carbocycles. The second kappa shape index (κ2) is 5.92. The molecular weight excluding hydrogens is 306 g/mol. The summed E-state index contributed by atoms with van der Waals surface area (Å²) in [7, 11) is 0. The Hall–Kier alpha value is -2.95. The Balaban J connectivity index is 1.43. The zero-order chi connectivity index (χ0) is 16.5. The molecule has 5 nitrogen and oxygen atoms in total. The molecule has 4 rings (SSSR count). The van der Waals surface area contributed by atoms with E-state index in [2.05, 4.69) is 5.32 Å². The fourth-order valence-electron chi connectivity index (χ4n) is 2.84. The number of benzene rings is 2. The second-order valence-corrected chi connectivity index (χ2v) is 5.90. The van der Waals surface area contributed by atoms with Crippen LogP contribution in [-0.2, 0) is 6.42 Å². The van der Waals surface area contributed by atoms with E-state index in [4.69, 9.17) is 13.9 Å². The van der Waals surface area contributed by atoms with E-state index in [1.54, 1.807) is 18.2 Å². The smallest absolute Gasteiger partial charge is 0.251 e. The van der Waals surface area contributed by atoms with Crippen LogP contribution in [0.5, 0.6) is 11.5 Å². The molecule has 0 unspecified atom stereocenters. The lowest BCUT2D eigenvalue weighted by Crippen LogP contribution is -2.33. The van der Waals surface area contributed by atoms with E-state index in [0.29, 0.717) is 23.5 Å². The van der Waals surface area contributed by atoms with Gasteiger partial charge >= 0.3 is 0 Å².